The fraction of sp³-hybridized carbons (Fsp3) is 0.484. The Morgan fingerprint density at radius 1 is 0.624 bits per heavy atom. The van der Waals surface area contributed by atoms with E-state index in [-0.39, 0.29) is 45.4 Å². The van der Waals surface area contributed by atoms with Gasteiger partial charge in [-0.2, -0.15) is 8.42 Å². The maximum absolute atomic E-state index is 13.8. The van der Waals surface area contributed by atoms with E-state index < -0.39 is 57.8 Å². The van der Waals surface area contributed by atoms with Crippen molar-refractivity contribution in [1.82, 2.24) is 57.8 Å². The van der Waals surface area contributed by atoms with Crippen molar-refractivity contribution < 1.29 is 46.4 Å². The van der Waals surface area contributed by atoms with E-state index in [1.165, 1.54) is 45.3 Å². The Morgan fingerprint density at radius 3 is 1.47 bits per heavy atom. The number of fused-ring (bicyclic) bond motifs is 4. The Hall–Kier alpha value is -7.89. The SMILES string of the molecule is C.CN(C(=O)c1ccc2c(c1)nc(-c1cc3cccnc3n1CC1CC1)n2C)[C@H]1CN(C(=O)OC(C)(C)C)C[C@H]1O.CN(C(=O)c1ccc2c(c1)nc(-c1cc3cccnc3n1CC1CC1)n2C)[C@H]1CN(C(=O)OC(C)(C)C)C[C@H]1OS(C)(=O)=O. The van der Waals surface area contributed by atoms with E-state index >= 15 is 0 Å². The van der Waals surface area contributed by atoms with Gasteiger partial charge in [0.1, 0.15) is 28.6 Å². The molecule has 23 heteroatoms. The highest BCUT2D eigenvalue weighted by Gasteiger charge is 2.44. The molecule has 0 unspecified atom stereocenters. The number of benzene rings is 2. The van der Waals surface area contributed by atoms with E-state index in [0.29, 0.717) is 28.5 Å². The van der Waals surface area contributed by atoms with Crippen LogP contribution in [0.2, 0.25) is 0 Å². The number of aromatic nitrogens is 8. The number of likely N-dealkylation sites (N-methyl/N-ethyl adjacent to an activating group) is 2. The fourth-order valence-corrected chi connectivity index (χ4v) is 12.1. The number of ether oxygens (including phenoxy) is 2. The summed E-state index contributed by atoms with van der Waals surface area (Å²) in [6.07, 6.45) is 6.57. The Labute approximate surface area is 495 Å². The molecular weight excluding hydrogens is 1100 g/mol. The van der Waals surface area contributed by atoms with Gasteiger partial charge in [-0.25, -0.2) is 29.5 Å². The van der Waals surface area contributed by atoms with Crippen LogP contribution in [0.15, 0.2) is 85.2 Å². The average molecular weight is 1180 g/mol. The molecule has 0 radical (unpaired) electrons. The Balaban J connectivity index is 0.000000188. The number of carbonyl (C=O) groups is 4. The minimum absolute atomic E-state index is 0. The molecule has 0 bridgehead atoms. The molecule has 85 heavy (non-hydrogen) atoms. The molecule has 2 saturated heterocycles. The number of aliphatic hydroxyl groups excluding tert-OH is 1. The van der Waals surface area contributed by atoms with Crippen LogP contribution in [0.4, 0.5) is 9.59 Å². The molecule has 2 saturated carbocycles. The van der Waals surface area contributed by atoms with E-state index in [9.17, 15) is 32.7 Å². The number of hydrogen-bond donors (Lipinski definition) is 1. The maximum atomic E-state index is 13.8. The van der Waals surface area contributed by atoms with Crippen molar-refractivity contribution in [3.05, 3.63) is 96.3 Å². The monoisotopic (exact) mass is 1180 g/mol. The van der Waals surface area contributed by atoms with Crippen LogP contribution in [0, 0.1) is 11.8 Å². The molecule has 0 spiro atoms. The van der Waals surface area contributed by atoms with E-state index in [2.05, 4.69) is 47.9 Å². The van der Waals surface area contributed by atoms with Crippen molar-refractivity contribution in [2.75, 3.05) is 46.5 Å². The molecule has 2 aliphatic heterocycles. The number of rotatable bonds is 12. The number of hydrogen-bond acceptors (Lipinski definition) is 14. The van der Waals surface area contributed by atoms with Crippen LogP contribution in [-0.4, -0.2) is 177 Å². The lowest BCUT2D eigenvalue weighted by Gasteiger charge is -2.28. The van der Waals surface area contributed by atoms with Gasteiger partial charge in [-0.1, -0.05) is 7.43 Å². The van der Waals surface area contributed by atoms with Crippen LogP contribution in [0.3, 0.4) is 0 Å². The lowest BCUT2D eigenvalue weighted by molar-refractivity contribution is 0.0262. The third-order valence-corrected chi connectivity index (χ3v) is 16.6. The lowest BCUT2D eigenvalue weighted by Crippen LogP contribution is -2.46. The smallest absolute Gasteiger partial charge is 0.410 e. The van der Waals surface area contributed by atoms with Gasteiger partial charge < -0.3 is 52.4 Å². The van der Waals surface area contributed by atoms with Gasteiger partial charge in [-0.3, -0.25) is 13.8 Å². The zero-order valence-electron chi connectivity index (χ0n) is 49.5. The number of amides is 4. The second-order valence-corrected chi connectivity index (χ2v) is 26.6. The predicted molar refractivity (Wildman–Crippen MR) is 324 cm³/mol. The summed E-state index contributed by atoms with van der Waals surface area (Å²) in [5.41, 5.74) is 6.54. The molecule has 22 nitrogen and oxygen atoms in total. The highest BCUT2D eigenvalue weighted by molar-refractivity contribution is 7.86. The predicted octanol–water partition coefficient (Wildman–Crippen LogP) is 8.72. The summed E-state index contributed by atoms with van der Waals surface area (Å²) in [7, 11) is 3.34. The van der Waals surface area contributed by atoms with Crippen LogP contribution in [-0.2, 0) is 51.0 Å². The number of pyridine rings is 2. The molecule has 6 aromatic heterocycles. The van der Waals surface area contributed by atoms with Gasteiger partial charge in [0, 0.05) is 88.7 Å². The summed E-state index contributed by atoms with van der Waals surface area (Å²) in [5, 5.41) is 12.8. The normalized spacial score (nSPS) is 19.1. The van der Waals surface area contributed by atoms with Gasteiger partial charge in [-0.15, -0.1) is 0 Å². The third-order valence-electron chi connectivity index (χ3n) is 16.0. The Kier molecular flexibility index (Phi) is 16.2. The zero-order chi connectivity index (χ0) is 59.9. The van der Waals surface area contributed by atoms with Crippen molar-refractivity contribution in [3.63, 3.8) is 0 Å². The maximum Gasteiger partial charge on any atom is 0.410 e. The van der Waals surface area contributed by atoms with Crippen molar-refractivity contribution >= 4 is 78.3 Å². The lowest BCUT2D eigenvalue weighted by atomic mass is 10.1. The van der Waals surface area contributed by atoms with Gasteiger partial charge in [-0.05, 0) is 152 Å². The molecule has 4 amide bonds. The van der Waals surface area contributed by atoms with E-state index in [4.69, 9.17) is 23.6 Å². The number of imidazole rings is 2. The minimum Gasteiger partial charge on any atom is -0.444 e. The first-order valence-electron chi connectivity index (χ1n) is 28.6. The van der Waals surface area contributed by atoms with Crippen LogP contribution in [0.1, 0.15) is 95.4 Å². The number of likely N-dealkylation sites (tertiary alicyclic amines) is 2. The summed E-state index contributed by atoms with van der Waals surface area (Å²) in [6.45, 7) is 12.8. The van der Waals surface area contributed by atoms with Crippen molar-refractivity contribution in [1.29, 1.82) is 0 Å². The summed E-state index contributed by atoms with van der Waals surface area (Å²) in [6, 6.07) is 21.9. The molecule has 8 aromatic rings. The average Bonchev–Trinajstić information content (AvgIpc) is 1.86. The number of aryl methyl sites for hydroxylation is 2. The van der Waals surface area contributed by atoms with Crippen LogP contribution >= 0.6 is 0 Å². The first-order valence-corrected chi connectivity index (χ1v) is 30.4. The van der Waals surface area contributed by atoms with E-state index in [0.717, 1.165) is 81.0 Å². The van der Waals surface area contributed by atoms with Crippen LogP contribution in [0.25, 0.3) is 67.2 Å². The molecule has 4 aliphatic rings. The Morgan fingerprint density at radius 2 is 1.05 bits per heavy atom. The minimum atomic E-state index is -3.86. The molecule has 1 N–H and O–H groups in total. The quantitative estimate of drug-likeness (QED) is 0.113. The topological polar surface area (TPSA) is 235 Å². The van der Waals surface area contributed by atoms with Gasteiger partial charge in [0.25, 0.3) is 21.9 Å². The van der Waals surface area contributed by atoms with Crippen molar-refractivity contribution in [2.24, 2.45) is 25.9 Å². The molecule has 4 atom stereocenters. The fourth-order valence-electron chi connectivity index (χ4n) is 11.4. The number of carbonyl (C=O) groups excluding carboxylic acids is 4. The molecule has 4 fully saturated rings. The highest BCUT2D eigenvalue weighted by Crippen LogP contribution is 2.38. The van der Waals surface area contributed by atoms with Gasteiger partial charge >= 0.3 is 12.2 Å². The first kappa shape index (κ1) is 60.2. The largest absolute Gasteiger partial charge is 0.444 e. The Bertz CT molecular complexity index is 3990. The standard InChI is InChI=1S/C31H38N6O6S.C30H36N6O4.CH4/c1-31(2,3)42-30(39)36-17-25(26(18-36)43-44(6,40)41)35(5)29(38)21-11-12-23-22(14-21)33-28(34(23)4)24-15-20-8-7-13-32-27(20)37(24)16-19-9-10-19;1-30(2,3)40-29(39)35-16-24(25(37)17-35)34(5)28(38)20-10-11-22-21(13-20)32-27(33(22)4)23-14-19-7-6-12-31-26(19)36(23)15-18-8-9-18;/h7-8,11-15,19,25-26H,9-10,16-18H2,1-6H3;6-7,10-14,18,24-25,37H,8-9,15-17H2,1-5H3;1H4/t25-,26+;24-,25+;/m00./s1. The summed E-state index contributed by atoms with van der Waals surface area (Å²) < 4.78 is 49.0. The van der Waals surface area contributed by atoms with Crippen LogP contribution < -0.4 is 0 Å². The van der Waals surface area contributed by atoms with Gasteiger partial charge in [0.2, 0.25) is 0 Å². The number of aliphatic hydroxyl groups is 1. The van der Waals surface area contributed by atoms with Gasteiger partial charge in [0.15, 0.2) is 11.6 Å². The summed E-state index contributed by atoms with van der Waals surface area (Å²) in [5.74, 6) is 2.33. The molecule has 8 heterocycles. The van der Waals surface area contributed by atoms with Crippen LogP contribution in [0.5, 0.6) is 0 Å². The number of β-amino-alcohol motifs (C(OH)–C–C–N with tert-alkyl or cyclic N) is 1. The second kappa shape index (κ2) is 22.8. The molecular formula is C62H78N12O10S. The highest BCUT2D eigenvalue weighted by atomic mass is 32.2. The van der Waals surface area contributed by atoms with Crippen molar-refractivity contribution in [2.45, 2.75) is 123 Å². The molecule has 452 valence electrons. The third kappa shape index (κ3) is 12.7. The molecule has 12 rings (SSSR count). The first-order chi connectivity index (χ1) is 39.7. The molecule has 2 aromatic carbocycles. The van der Waals surface area contributed by atoms with E-state index in [1.54, 1.807) is 86.1 Å². The number of nitrogens with zero attached hydrogens (tertiary/aromatic N) is 12. The summed E-state index contributed by atoms with van der Waals surface area (Å²) in [4.78, 5) is 77.7. The second-order valence-electron chi connectivity index (χ2n) is 25.0. The van der Waals surface area contributed by atoms with Gasteiger partial charge in [0.05, 0.1) is 71.0 Å². The van der Waals surface area contributed by atoms with E-state index in [1.807, 2.05) is 49.1 Å². The molecule has 2 aliphatic carbocycles. The zero-order valence-corrected chi connectivity index (χ0v) is 50.3. The van der Waals surface area contributed by atoms with Crippen molar-refractivity contribution in [3.8, 4) is 23.0 Å². The summed E-state index contributed by atoms with van der Waals surface area (Å²) >= 11 is 0.